The fourth-order valence-electron chi connectivity index (χ4n) is 5.21. The number of fused-ring (bicyclic) bond motifs is 1. The zero-order chi connectivity index (χ0) is 23.5. The van der Waals surface area contributed by atoms with Crippen LogP contribution in [0.2, 0.25) is 0 Å². The van der Waals surface area contributed by atoms with Gasteiger partial charge in [-0.2, -0.15) is 4.98 Å². The lowest BCUT2D eigenvalue weighted by Crippen LogP contribution is -2.43. The van der Waals surface area contributed by atoms with E-state index in [2.05, 4.69) is 32.9 Å². The molecule has 1 aliphatic heterocycles. The van der Waals surface area contributed by atoms with E-state index in [9.17, 15) is 18.3 Å². The number of nitrogens with one attached hydrogen (secondary N) is 1. The molecular formula is C22H30IN5O4S. The van der Waals surface area contributed by atoms with Crippen molar-refractivity contribution < 1.29 is 13.5 Å². The number of nitrogens with zero attached hydrogens (tertiary/aromatic N) is 4. The van der Waals surface area contributed by atoms with Crippen LogP contribution >= 0.6 is 22.6 Å². The van der Waals surface area contributed by atoms with E-state index in [0.29, 0.717) is 47.5 Å². The van der Waals surface area contributed by atoms with Gasteiger partial charge in [-0.3, -0.25) is 9.36 Å². The predicted molar refractivity (Wildman–Crippen MR) is 135 cm³/mol. The molecule has 2 atom stereocenters. The summed E-state index contributed by atoms with van der Waals surface area (Å²) in [5, 5.41) is 14.9. The first-order chi connectivity index (χ1) is 15.6. The number of halogens is 1. The monoisotopic (exact) mass is 587 g/mol. The van der Waals surface area contributed by atoms with E-state index in [-0.39, 0.29) is 22.9 Å². The summed E-state index contributed by atoms with van der Waals surface area (Å²) < 4.78 is 28.9. The topological polar surface area (TPSA) is 117 Å². The van der Waals surface area contributed by atoms with Crippen LogP contribution in [0.5, 0.6) is 0 Å². The lowest BCUT2D eigenvalue weighted by molar-refractivity contribution is 0.0266. The SMILES string of the molecule is Cc1c(I)c(=O)n([C@@H]2CCC[C@@]2(C)O)c2nc(NC3CCN(S(=O)(=O)C4CC4)CC3)ncc12. The minimum Gasteiger partial charge on any atom is -0.388 e. The van der Waals surface area contributed by atoms with Crippen molar-refractivity contribution in [3.63, 3.8) is 0 Å². The Labute approximate surface area is 207 Å². The minimum atomic E-state index is -3.14. The average molecular weight is 587 g/mol. The predicted octanol–water partition coefficient (Wildman–Crippen LogP) is 2.55. The van der Waals surface area contributed by atoms with Crippen LogP contribution in [0, 0.1) is 10.5 Å². The highest BCUT2D eigenvalue weighted by molar-refractivity contribution is 14.1. The molecule has 11 heteroatoms. The van der Waals surface area contributed by atoms with Crippen LogP contribution in [0.3, 0.4) is 0 Å². The van der Waals surface area contributed by atoms with Crippen molar-refractivity contribution >= 4 is 49.6 Å². The normalized spacial score (nSPS) is 27.3. The molecule has 9 nitrogen and oxygen atoms in total. The maximum absolute atomic E-state index is 13.3. The number of aliphatic hydroxyl groups is 1. The van der Waals surface area contributed by atoms with Gasteiger partial charge in [0.25, 0.3) is 5.56 Å². The third kappa shape index (κ3) is 4.19. The summed E-state index contributed by atoms with van der Waals surface area (Å²) in [6.45, 7) is 4.68. The molecule has 33 heavy (non-hydrogen) atoms. The molecule has 2 saturated carbocycles. The average Bonchev–Trinajstić information content (AvgIpc) is 3.58. The van der Waals surface area contributed by atoms with Crippen molar-refractivity contribution in [3.05, 3.63) is 25.7 Å². The van der Waals surface area contributed by atoms with E-state index < -0.39 is 15.6 Å². The first-order valence-electron chi connectivity index (χ1n) is 11.6. The second-order valence-corrected chi connectivity index (χ2v) is 13.2. The highest BCUT2D eigenvalue weighted by atomic mass is 127. The van der Waals surface area contributed by atoms with Crippen molar-refractivity contribution in [3.8, 4) is 0 Å². The Balaban J connectivity index is 1.43. The highest BCUT2D eigenvalue weighted by Crippen LogP contribution is 2.40. The second-order valence-electron chi connectivity index (χ2n) is 9.87. The van der Waals surface area contributed by atoms with E-state index in [1.54, 1.807) is 22.0 Å². The Morgan fingerprint density at radius 1 is 1.21 bits per heavy atom. The Hall–Kier alpha value is -1.31. The van der Waals surface area contributed by atoms with Crippen LogP contribution in [-0.4, -0.2) is 62.3 Å². The van der Waals surface area contributed by atoms with Crippen LogP contribution < -0.4 is 10.9 Å². The summed E-state index contributed by atoms with van der Waals surface area (Å²) in [7, 11) is -3.14. The molecular weight excluding hydrogens is 557 g/mol. The van der Waals surface area contributed by atoms with E-state index >= 15 is 0 Å². The third-order valence-electron chi connectivity index (χ3n) is 7.42. The van der Waals surface area contributed by atoms with Gasteiger partial charge in [-0.25, -0.2) is 17.7 Å². The summed E-state index contributed by atoms with van der Waals surface area (Å²) in [4.78, 5) is 22.5. The first-order valence-corrected chi connectivity index (χ1v) is 14.2. The Morgan fingerprint density at radius 3 is 2.52 bits per heavy atom. The maximum atomic E-state index is 13.3. The van der Waals surface area contributed by atoms with E-state index in [1.807, 2.05) is 6.92 Å². The van der Waals surface area contributed by atoms with Crippen LogP contribution in [-0.2, 0) is 10.0 Å². The smallest absolute Gasteiger partial charge is 0.266 e. The van der Waals surface area contributed by atoms with Crippen molar-refractivity contribution in [2.45, 2.75) is 81.7 Å². The molecule has 2 N–H and O–H groups in total. The number of aryl methyl sites for hydroxylation is 1. The fraction of sp³-hybridized carbons (Fsp3) is 0.682. The summed E-state index contributed by atoms with van der Waals surface area (Å²) in [5.41, 5.74) is 0.287. The molecule has 2 aromatic heterocycles. The standard InChI is InChI=1S/C22H30IN5O4S/c1-13-16-12-24-21(25-14-7-10-27(11-8-14)33(31,32)15-5-6-15)26-19(16)28(20(29)18(13)23)17-4-3-9-22(17,2)30/h12,14-15,17,30H,3-11H2,1-2H3,(H,24,25,26)/t17-,22-/m1/s1. The van der Waals surface area contributed by atoms with Gasteiger partial charge in [0.05, 0.1) is 20.5 Å². The number of aromatic nitrogens is 3. The number of sulfonamides is 1. The summed E-state index contributed by atoms with van der Waals surface area (Å²) in [6, 6.07) is -0.270. The van der Waals surface area contributed by atoms with Crippen molar-refractivity contribution in [2.24, 2.45) is 0 Å². The number of hydrogen-bond acceptors (Lipinski definition) is 7. The van der Waals surface area contributed by atoms with Gasteiger partial charge in [0.15, 0.2) is 0 Å². The molecule has 0 unspecified atom stereocenters. The quantitative estimate of drug-likeness (QED) is 0.517. The Morgan fingerprint density at radius 2 is 1.91 bits per heavy atom. The molecule has 0 amide bonds. The highest BCUT2D eigenvalue weighted by Gasteiger charge is 2.42. The lowest BCUT2D eigenvalue weighted by atomic mass is 9.99. The van der Waals surface area contributed by atoms with Gasteiger partial charge in [0, 0.05) is 30.7 Å². The van der Waals surface area contributed by atoms with E-state index in [0.717, 1.165) is 36.6 Å². The number of anilines is 1. The number of rotatable bonds is 5. The Bertz CT molecular complexity index is 1250. The van der Waals surface area contributed by atoms with Crippen molar-refractivity contribution in [1.82, 2.24) is 18.8 Å². The summed E-state index contributed by atoms with van der Waals surface area (Å²) in [6.07, 6.45) is 6.89. The summed E-state index contributed by atoms with van der Waals surface area (Å²) in [5.74, 6) is 0.428. The molecule has 1 saturated heterocycles. The number of hydrogen-bond donors (Lipinski definition) is 2. The summed E-state index contributed by atoms with van der Waals surface area (Å²) >= 11 is 2.07. The molecule has 2 aliphatic carbocycles. The zero-order valence-electron chi connectivity index (χ0n) is 18.9. The molecule has 3 aliphatic rings. The lowest BCUT2D eigenvalue weighted by Gasteiger charge is -2.32. The van der Waals surface area contributed by atoms with Gasteiger partial charge < -0.3 is 10.4 Å². The number of piperidine rings is 1. The zero-order valence-corrected chi connectivity index (χ0v) is 21.9. The maximum Gasteiger partial charge on any atom is 0.266 e. The fourth-order valence-corrected chi connectivity index (χ4v) is 7.64. The molecule has 3 heterocycles. The third-order valence-corrected chi connectivity index (χ3v) is 11.1. The molecule has 3 fully saturated rings. The molecule has 0 spiro atoms. The van der Waals surface area contributed by atoms with Crippen molar-refractivity contribution in [2.75, 3.05) is 18.4 Å². The van der Waals surface area contributed by atoms with Crippen LogP contribution in [0.1, 0.15) is 63.5 Å². The first kappa shape index (κ1) is 23.4. The van der Waals surface area contributed by atoms with Crippen LogP contribution in [0.25, 0.3) is 11.0 Å². The van der Waals surface area contributed by atoms with Gasteiger partial charge in [-0.1, -0.05) is 0 Å². The Kier molecular flexibility index (Phi) is 5.98. The van der Waals surface area contributed by atoms with Gasteiger partial charge in [0.2, 0.25) is 16.0 Å². The minimum absolute atomic E-state index is 0.0628. The second kappa shape index (κ2) is 8.42. The molecule has 0 radical (unpaired) electrons. The number of pyridine rings is 1. The molecule has 180 valence electrons. The van der Waals surface area contributed by atoms with Crippen LogP contribution in [0.15, 0.2) is 11.0 Å². The van der Waals surface area contributed by atoms with Gasteiger partial charge in [0.1, 0.15) is 5.65 Å². The van der Waals surface area contributed by atoms with Gasteiger partial charge >= 0.3 is 0 Å². The van der Waals surface area contributed by atoms with Crippen molar-refractivity contribution in [1.29, 1.82) is 0 Å². The van der Waals surface area contributed by atoms with Crippen LogP contribution in [0.4, 0.5) is 5.95 Å². The van der Waals surface area contributed by atoms with E-state index in [4.69, 9.17) is 4.98 Å². The molecule has 2 aromatic rings. The van der Waals surface area contributed by atoms with Gasteiger partial charge in [-0.15, -0.1) is 0 Å². The largest absolute Gasteiger partial charge is 0.388 e. The molecule has 0 bridgehead atoms. The molecule has 0 aromatic carbocycles. The molecule has 5 rings (SSSR count). The van der Waals surface area contributed by atoms with Gasteiger partial charge in [-0.05, 0) is 86.9 Å². The van der Waals surface area contributed by atoms with E-state index in [1.165, 1.54) is 0 Å².